The SMILES string of the molecule is O=C(O)CCN1C(=O)C(=Cc2ccc(OCc3ccccc3)cc2)c2ccccc2C1=O. The van der Waals surface area contributed by atoms with E-state index in [-0.39, 0.29) is 13.0 Å². The molecule has 0 saturated heterocycles. The molecule has 6 heteroatoms. The van der Waals surface area contributed by atoms with Crippen LogP contribution in [0.3, 0.4) is 0 Å². The number of aliphatic carboxylic acids is 1. The molecule has 0 bridgehead atoms. The first kappa shape index (κ1) is 21.1. The molecule has 4 rings (SSSR count). The minimum atomic E-state index is -1.07. The number of benzene rings is 3. The Bertz CT molecular complexity index is 1180. The number of carboxylic acid groups (broad SMARTS) is 1. The molecule has 0 unspecified atom stereocenters. The predicted octanol–water partition coefficient (Wildman–Crippen LogP) is 4.26. The van der Waals surface area contributed by atoms with Crippen LogP contribution in [0.25, 0.3) is 11.6 Å². The maximum Gasteiger partial charge on any atom is 0.305 e. The molecule has 2 amide bonds. The lowest BCUT2D eigenvalue weighted by atomic mass is 9.92. The van der Waals surface area contributed by atoms with Gasteiger partial charge >= 0.3 is 5.97 Å². The summed E-state index contributed by atoms with van der Waals surface area (Å²) in [6, 6.07) is 24.0. The Hall–Kier alpha value is -4.19. The van der Waals surface area contributed by atoms with Gasteiger partial charge in [0.1, 0.15) is 12.4 Å². The number of rotatable bonds is 7. The highest BCUT2D eigenvalue weighted by Crippen LogP contribution is 2.30. The van der Waals surface area contributed by atoms with Crippen molar-refractivity contribution in [2.75, 3.05) is 6.54 Å². The van der Waals surface area contributed by atoms with E-state index < -0.39 is 17.8 Å². The molecule has 6 nitrogen and oxygen atoms in total. The molecular weight excluding hydrogens is 406 g/mol. The molecule has 0 fully saturated rings. The number of fused-ring (bicyclic) bond motifs is 1. The summed E-state index contributed by atoms with van der Waals surface area (Å²) >= 11 is 0. The number of carbonyl (C=O) groups is 3. The van der Waals surface area contributed by atoms with Gasteiger partial charge in [0.25, 0.3) is 11.8 Å². The number of nitrogens with zero attached hydrogens (tertiary/aromatic N) is 1. The van der Waals surface area contributed by atoms with E-state index in [0.717, 1.165) is 16.0 Å². The molecule has 3 aromatic rings. The summed E-state index contributed by atoms with van der Waals surface area (Å²) in [5.74, 6) is -1.35. The van der Waals surface area contributed by atoms with Crippen LogP contribution in [0.2, 0.25) is 0 Å². The number of imide groups is 1. The molecule has 0 aromatic heterocycles. The average molecular weight is 427 g/mol. The highest BCUT2D eigenvalue weighted by Gasteiger charge is 2.34. The Labute approximate surface area is 185 Å². The van der Waals surface area contributed by atoms with E-state index in [1.165, 1.54) is 0 Å². The van der Waals surface area contributed by atoms with Crippen molar-refractivity contribution in [1.29, 1.82) is 0 Å². The number of carboxylic acids is 1. The summed E-state index contributed by atoms with van der Waals surface area (Å²) in [6.07, 6.45) is 1.41. The van der Waals surface area contributed by atoms with Gasteiger partial charge in [0, 0.05) is 17.7 Å². The Balaban J connectivity index is 1.58. The van der Waals surface area contributed by atoms with E-state index in [1.807, 2.05) is 54.6 Å². The minimum absolute atomic E-state index is 0.176. The van der Waals surface area contributed by atoms with Crippen molar-refractivity contribution in [2.24, 2.45) is 0 Å². The topological polar surface area (TPSA) is 83.9 Å². The van der Waals surface area contributed by atoms with Crippen molar-refractivity contribution in [3.05, 3.63) is 101 Å². The zero-order chi connectivity index (χ0) is 22.5. The van der Waals surface area contributed by atoms with Crippen LogP contribution in [-0.4, -0.2) is 34.3 Å². The summed E-state index contributed by atoms with van der Waals surface area (Å²) < 4.78 is 5.80. The van der Waals surface area contributed by atoms with Crippen LogP contribution in [0.5, 0.6) is 5.75 Å². The Morgan fingerprint density at radius 2 is 1.50 bits per heavy atom. The summed E-state index contributed by atoms with van der Waals surface area (Å²) in [4.78, 5) is 37.8. The monoisotopic (exact) mass is 427 g/mol. The summed E-state index contributed by atoms with van der Waals surface area (Å²) in [7, 11) is 0. The summed E-state index contributed by atoms with van der Waals surface area (Å²) in [5.41, 5.74) is 3.10. The fraction of sp³-hybridized carbons (Fsp3) is 0.115. The number of carbonyl (C=O) groups excluding carboxylic acids is 2. The second-order valence-electron chi connectivity index (χ2n) is 7.35. The normalized spacial score (nSPS) is 14.4. The van der Waals surface area contributed by atoms with E-state index >= 15 is 0 Å². The van der Waals surface area contributed by atoms with Gasteiger partial charge in [-0.15, -0.1) is 0 Å². The first-order valence-corrected chi connectivity index (χ1v) is 10.2. The van der Waals surface area contributed by atoms with Crippen LogP contribution in [0, 0.1) is 0 Å². The molecule has 0 aliphatic carbocycles. The van der Waals surface area contributed by atoms with Crippen LogP contribution < -0.4 is 4.74 Å². The Morgan fingerprint density at radius 1 is 0.844 bits per heavy atom. The highest BCUT2D eigenvalue weighted by atomic mass is 16.5. The van der Waals surface area contributed by atoms with E-state index in [9.17, 15) is 14.4 Å². The largest absolute Gasteiger partial charge is 0.489 e. The van der Waals surface area contributed by atoms with Crippen molar-refractivity contribution >= 4 is 29.4 Å². The molecule has 0 atom stereocenters. The second-order valence-corrected chi connectivity index (χ2v) is 7.35. The molecular formula is C26H21NO5. The number of hydrogen-bond acceptors (Lipinski definition) is 4. The van der Waals surface area contributed by atoms with Gasteiger partial charge in [-0.1, -0.05) is 60.7 Å². The Kier molecular flexibility index (Phi) is 6.12. The molecule has 1 aliphatic rings. The van der Waals surface area contributed by atoms with Gasteiger partial charge in [0.2, 0.25) is 0 Å². The first-order chi connectivity index (χ1) is 15.5. The smallest absolute Gasteiger partial charge is 0.305 e. The quantitative estimate of drug-likeness (QED) is 0.450. The van der Waals surface area contributed by atoms with Crippen molar-refractivity contribution in [3.63, 3.8) is 0 Å². The van der Waals surface area contributed by atoms with Gasteiger partial charge in [-0.2, -0.15) is 0 Å². The third-order valence-corrected chi connectivity index (χ3v) is 5.16. The summed E-state index contributed by atoms with van der Waals surface area (Å²) in [5, 5.41) is 8.98. The summed E-state index contributed by atoms with van der Waals surface area (Å²) in [6.45, 7) is 0.277. The lowest BCUT2D eigenvalue weighted by Gasteiger charge is -2.28. The number of hydrogen-bond donors (Lipinski definition) is 1. The first-order valence-electron chi connectivity index (χ1n) is 10.2. The average Bonchev–Trinajstić information content (AvgIpc) is 2.81. The Morgan fingerprint density at radius 3 is 2.19 bits per heavy atom. The van der Waals surface area contributed by atoms with E-state index in [0.29, 0.717) is 29.1 Å². The molecule has 0 radical (unpaired) electrons. The van der Waals surface area contributed by atoms with Crippen molar-refractivity contribution in [2.45, 2.75) is 13.0 Å². The number of ether oxygens (including phenoxy) is 1. The highest BCUT2D eigenvalue weighted by molar-refractivity contribution is 6.33. The zero-order valence-electron chi connectivity index (χ0n) is 17.2. The van der Waals surface area contributed by atoms with Crippen molar-refractivity contribution in [3.8, 4) is 5.75 Å². The van der Waals surface area contributed by atoms with Gasteiger partial charge in [0.15, 0.2) is 0 Å². The van der Waals surface area contributed by atoms with E-state index in [4.69, 9.17) is 9.84 Å². The van der Waals surface area contributed by atoms with Gasteiger partial charge in [-0.05, 0) is 41.0 Å². The molecule has 1 heterocycles. The van der Waals surface area contributed by atoms with Gasteiger partial charge < -0.3 is 9.84 Å². The molecule has 1 aliphatic heterocycles. The van der Waals surface area contributed by atoms with E-state index in [2.05, 4.69) is 0 Å². The fourth-order valence-corrected chi connectivity index (χ4v) is 3.52. The zero-order valence-corrected chi connectivity index (χ0v) is 17.2. The molecule has 0 spiro atoms. The third-order valence-electron chi connectivity index (χ3n) is 5.16. The van der Waals surface area contributed by atoms with Crippen LogP contribution in [-0.2, 0) is 16.2 Å². The molecule has 32 heavy (non-hydrogen) atoms. The third kappa shape index (κ3) is 4.59. The molecule has 0 saturated carbocycles. The van der Waals surface area contributed by atoms with Crippen LogP contribution in [0.1, 0.15) is 33.5 Å². The fourth-order valence-electron chi connectivity index (χ4n) is 3.52. The van der Waals surface area contributed by atoms with E-state index in [1.54, 1.807) is 30.3 Å². The lowest BCUT2D eigenvalue weighted by molar-refractivity contribution is -0.137. The van der Waals surface area contributed by atoms with Crippen LogP contribution in [0.4, 0.5) is 0 Å². The number of amides is 2. The molecule has 3 aromatic carbocycles. The predicted molar refractivity (Wildman–Crippen MR) is 120 cm³/mol. The van der Waals surface area contributed by atoms with Gasteiger partial charge in [-0.3, -0.25) is 19.3 Å². The van der Waals surface area contributed by atoms with Crippen molar-refractivity contribution < 1.29 is 24.2 Å². The standard InChI is InChI=1S/C26H21NO5/c28-24(29)14-15-27-25(30)22-9-5-4-8-21(22)23(26(27)31)16-18-10-12-20(13-11-18)32-17-19-6-2-1-3-7-19/h1-13,16H,14-15,17H2,(H,28,29). The van der Waals surface area contributed by atoms with Crippen LogP contribution in [0.15, 0.2) is 78.9 Å². The van der Waals surface area contributed by atoms with Crippen LogP contribution >= 0.6 is 0 Å². The van der Waals surface area contributed by atoms with Gasteiger partial charge in [-0.25, -0.2) is 0 Å². The van der Waals surface area contributed by atoms with Crippen molar-refractivity contribution in [1.82, 2.24) is 4.90 Å². The molecule has 160 valence electrons. The minimum Gasteiger partial charge on any atom is -0.489 e. The maximum atomic E-state index is 13.1. The second kappa shape index (κ2) is 9.31. The maximum absolute atomic E-state index is 13.1. The van der Waals surface area contributed by atoms with Gasteiger partial charge in [0.05, 0.1) is 6.42 Å². The molecule has 1 N–H and O–H groups in total. The lowest BCUT2D eigenvalue weighted by Crippen LogP contribution is -2.42.